The Kier molecular flexibility index (Phi) is 7.56. The summed E-state index contributed by atoms with van der Waals surface area (Å²) < 4.78 is 0. The quantitative estimate of drug-likeness (QED) is 0.846. The van der Waals surface area contributed by atoms with Gasteiger partial charge in [-0.3, -0.25) is 4.79 Å². The third-order valence-electron chi connectivity index (χ3n) is 4.08. The van der Waals surface area contributed by atoms with E-state index in [0.717, 1.165) is 13.1 Å². The van der Waals surface area contributed by atoms with Crippen LogP contribution in [0, 0.1) is 0 Å². The Labute approximate surface area is 131 Å². The van der Waals surface area contributed by atoms with Crippen LogP contribution in [0.25, 0.3) is 0 Å². The standard InChI is InChI=1S/C15H24N2OS.ClH/c1-16-10-7-14(18)17-12-15(8-3-2-4-9-15)13-6-5-11-19-13;/h5-6,11,16H,2-4,7-10,12H2,1H3,(H,17,18);1H. The first-order valence-corrected chi connectivity index (χ1v) is 8.10. The Hall–Kier alpha value is -0.580. The summed E-state index contributed by atoms with van der Waals surface area (Å²) in [7, 11) is 1.88. The molecule has 0 unspecified atom stereocenters. The SMILES string of the molecule is CNCCC(=O)NCC1(c2cccs2)CCCCC1.Cl. The van der Waals surface area contributed by atoms with Gasteiger partial charge >= 0.3 is 0 Å². The number of carbonyl (C=O) groups excluding carboxylic acids is 1. The van der Waals surface area contributed by atoms with Crippen LogP contribution >= 0.6 is 23.7 Å². The molecule has 5 heteroatoms. The molecule has 1 aromatic heterocycles. The van der Waals surface area contributed by atoms with Gasteiger partial charge < -0.3 is 10.6 Å². The summed E-state index contributed by atoms with van der Waals surface area (Å²) in [5.74, 6) is 0.163. The molecule has 20 heavy (non-hydrogen) atoms. The molecule has 1 heterocycles. The van der Waals surface area contributed by atoms with Crippen molar-refractivity contribution >= 4 is 29.7 Å². The van der Waals surface area contributed by atoms with Crippen LogP contribution in [0.15, 0.2) is 17.5 Å². The van der Waals surface area contributed by atoms with Gasteiger partial charge in [0.25, 0.3) is 0 Å². The number of hydrogen-bond acceptors (Lipinski definition) is 3. The molecule has 0 radical (unpaired) electrons. The van der Waals surface area contributed by atoms with Crippen molar-refractivity contribution in [1.29, 1.82) is 0 Å². The molecule has 1 saturated carbocycles. The van der Waals surface area contributed by atoms with Gasteiger partial charge in [0.15, 0.2) is 0 Å². The van der Waals surface area contributed by atoms with E-state index in [0.29, 0.717) is 6.42 Å². The van der Waals surface area contributed by atoms with Crippen molar-refractivity contribution in [1.82, 2.24) is 10.6 Å². The topological polar surface area (TPSA) is 41.1 Å². The maximum Gasteiger partial charge on any atom is 0.221 e. The molecule has 1 amide bonds. The van der Waals surface area contributed by atoms with E-state index in [1.807, 2.05) is 18.4 Å². The Balaban J connectivity index is 0.00000200. The molecule has 3 nitrogen and oxygen atoms in total. The van der Waals surface area contributed by atoms with Crippen LogP contribution < -0.4 is 10.6 Å². The second-order valence-corrected chi connectivity index (χ2v) is 6.40. The molecule has 1 aliphatic carbocycles. The molecule has 1 aliphatic rings. The minimum atomic E-state index is 0. The molecular formula is C15H25ClN2OS. The normalized spacial score (nSPS) is 17.2. The van der Waals surface area contributed by atoms with Crippen LogP contribution in [0.3, 0.4) is 0 Å². The van der Waals surface area contributed by atoms with Gasteiger partial charge in [0, 0.05) is 29.8 Å². The van der Waals surface area contributed by atoms with Crippen molar-refractivity contribution in [3.05, 3.63) is 22.4 Å². The number of carbonyl (C=O) groups is 1. The predicted molar refractivity (Wildman–Crippen MR) is 87.9 cm³/mol. The second kappa shape index (κ2) is 8.65. The summed E-state index contributed by atoms with van der Waals surface area (Å²) in [5.41, 5.74) is 0.196. The van der Waals surface area contributed by atoms with Crippen molar-refractivity contribution in [3.8, 4) is 0 Å². The first-order valence-electron chi connectivity index (χ1n) is 7.22. The fraction of sp³-hybridized carbons (Fsp3) is 0.667. The first-order chi connectivity index (χ1) is 9.27. The molecule has 2 rings (SSSR count). The minimum absolute atomic E-state index is 0. The van der Waals surface area contributed by atoms with Crippen LogP contribution in [-0.4, -0.2) is 26.0 Å². The van der Waals surface area contributed by atoms with Crippen molar-refractivity contribution in [2.75, 3.05) is 20.1 Å². The molecule has 2 N–H and O–H groups in total. The van der Waals surface area contributed by atoms with E-state index in [-0.39, 0.29) is 23.7 Å². The van der Waals surface area contributed by atoms with Crippen LogP contribution in [0.1, 0.15) is 43.4 Å². The summed E-state index contributed by atoms with van der Waals surface area (Å²) in [6.45, 7) is 1.55. The van der Waals surface area contributed by atoms with Gasteiger partial charge in [-0.05, 0) is 31.3 Å². The maximum atomic E-state index is 11.8. The van der Waals surface area contributed by atoms with Crippen LogP contribution in [0.4, 0.5) is 0 Å². The van der Waals surface area contributed by atoms with Crippen molar-refractivity contribution in [2.24, 2.45) is 0 Å². The summed E-state index contributed by atoms with van der Waals surface area (Å²) in [6, 6.07) is 4.36. The fourth-order valence-corrected chi connectivity index (χ4v) is 3.90. The molecule has 0 aliphatic heterocycles. The van der Waals surface area contributed by atoms with E-state index < -0.39 is 0 Å². The molecule has 1 fully saturated rings. The Bertz CT molecular complexity index is 389. The number of rotatable bonds is 6. The zero-order chi connectivity index (χ0) is 13.6. The number of thiophene rings is 1. The molecular weight excluding hydrogens is 292 g/mol. The molecule has 114 valence electrons. The largest absolute Gasteiger partial charge is 0.355 e. The summed E-state index contributed by atoms with van der Waals surface area (Å²) in [4.78, 5) is 13.3. The molecule has 0 atom stereocenters. The Morgan fingerprint density at radius 3 is 2.70 bits per heavy atom. The average molecular weight is 317 g/mol. The number of hydrogen-bond donors (Lipinski definition) is 2. The number of amides is 1. The lowest BCUT2D eigenvalue weighted by molar-refractivity contribution is -0.121. The summed E-state index contributed by atoms with van der Waals surface area (Å²) in [6.07, 6.45) is 6.88. The van der Waals surface area contributed by atoms with Crippen molar-refractivity contribution in [3.63, 3.8) is 0 Å². The molecule has 0 saturated heterocycles. The smallest absolute Gasteiger partial charge is 0.221 e. The third-order valence-corrected chi connectivity index (χ3v) is 5.20. The maximum absolute atomic E-state index is 11.8. The third kappa shape index (κ3) is 4.47. The molecule has 0 spiro atoms. The predicted octanol–water partition coefficient (Wildman–Crippen LogP) is 3.10. The zero-order valence-corrected chi connectivity index (χ0v) is 13.7. The average Bonchev–Trinajstić information content (AvgIpc) is 2.98. The van der Waals surface area contributed by atoms with E-state index in [1.54, 1.807) is 0 Å². The van der Waals surface area contributed by atoms with E-state index in [4.69, 9.17) is 0 Å². The Morgan fingerprint density at radius 1 is 1.35 bits per heavy atom. The first kappa shape index (κ1) is 17.5. The van der Waals surface area contributed by atoms with E-state index in [2.05, 4.69) is 28.1 Å². The second-order valence-electron chi connectivity index (χ2n) is 5.45. The van der Waals surface area contributed by atoms with E-state index in [1.165, 1.54) is 37.0 Å². The van der Waals surface area contributed by atoms with Gasteiger partial charge in [0.2, 0.25) is 5.91 Å². The zero-order valence-electron chi connectivity index (χ0n) is 12.1. The number of nitrogens with one attached hydrogen (secondary N) is 2. The molecule has 0 bridgehead atoms. The Morgan fingerprint density at radius 2 is 2.10 bits per heavy atom. The highest BCUT2D eigenvalue weighted by Gasteiger charge is 2.34. The molecule has 0 aromatic carbocycles. The van der Waals surface area contributed by atoms with Gasteiger partial charge in [-0.1, -0.05) is 25.3 Å². The van der Waals surface area contributed by atoms with Gasteiger partial charge in [-0.2, -0.15) is 0 Å². The van der Waals surface area contributed by atoms with Crippen LogP contribution in [-0.2, 0) is 10.2 Å². The minimum Gasteiger partial charge on any atom is -0.355 e. The highest BCUT2D eigenvalue weighted by atomic mass is 35.5. The van der Waals surface area contributed by atoms with Crippen LogP contribution in [0.5, 0.6) is 0 Å². The van der Waals surface area contributed by atoms with Gasteiger partial charge in [0.05, 0.1) is 0 Å². The highest BCUT2D eigenvalue weighted by Crippen LogP contribution is 2.41. The summed E-state index contributed by atoms with van der Waals surface area (Å²) in [5, 5.41) is 8.31. The van der Waals surface area contributed by atoms with Gasteiger partial charge in [0.1, 0.15) is 0 Å². The van der Waals surface area contributed by atoms with Gasteiger partial charge in [-0.15, -0.1) is 23.7 Å². The van der Waals surface area contributed by atoms with Gasteiger partial charge in [-0.25, -0.2) is 0 Å². The van der Waals surface area contributed by atoms with Crippen molar-refractivity contribution < 1.29 is 4.79 Å². The summed E-state index contributed by atoms with van der Waals surface area (Å²) >= 11 is 1.83. The lowest BCUT2D eigenvalue weighted by Gasteiger charge is -2.36. The highest BCUT2D eigenvalue weighted by molar-refractivity contribution is 7.10. The van der Waals surface area contributed by atoms with Crippen molar-refractivity contribution in [2.45, 2.75) is 43.9 Å². The monoisotopic (exact) mass is 316 g/mol. The lowest BCUT2D eigenvalue weighted by Crippen LogP contribution is -2.42. The lowest BCUT2D eigenvalue weighted by atomic mass is 9.73. The molecule has 1 aromatic rings. The fourth-order valence-electron chi connectivity index (χ4n) is 2.91. The van der Waals surface area contributed by atoms with Crippen LogP contribution in [0.2, 0.25) is 0 Å². The van der Waals surface area contributed by atoms with E-state index in [9.17, 15) is 4.79 Å². The van der Waals surface area contributed by atoms with E-state index >= 15 is 0 Å². The number of halogens is 1.